The first-order chi connectivity index (χ1) is 40.6. The minimum atomic E-state index is -1.63. The van der Waals surface area contributed by atoms with Crippen molar-refractivity contribution >= 4 is 17.9 Å². The molecule has 9 heteroatoms. The number of likely N-dealkylation sites (N-methyl/N-ethyl adjacent to an activating group) is 1. The summed E-state index contributed by atoms with van der Waals surface area (Å²) >= 11 is 0. The zero-order valence-corrected chi connectivity index (χ0v) is 55.3. The van der Waals surface area contributed by atoms with E-state index in [-0.39, 0.29) is 32.2 Å². The third kappa shape index (κ3) is 66.4. The number of aliphatic carboxylic acids is 1. The fourth-order valence-electron chi connectivity index (χ4n) is 10.3. The number of nitrogens with zero attached hydrogens (tertiary/aromatic N) is 1. The maximum absolute atomic E-state index is 12.9. The molecule has 0 aliphatic rings. The van der Waals surface area contributed by atoms with Crippen LogP contribution >= 0.6 is 0 Å². The van der Waals surface area contributed by atoms with E-state index in [1.807, 2.05) is 21.1 Å². The van der Waals surface area contributed by atoms with Crippen molar-refractivity contribution in [2.45, 2.75) is 347 Å². The van der Waals surface area contributed by atoms with Gasteiger partial charge in [-0.15, -0.1) is 0 Å². The fourth-order valence-corrected chi connectivity index (χ4v) is 10.3. The smallest absolute Gasteiger partial charge is 0.306 e. The van der Waals surface area contributed by atoms with Gasteiger partial charge in [-0.2, -0.15) is 0 Å². The number of hydrogen-bond acceptors (Lipinski definition) is 8. The molecule has 9 nitrogen and oxygen atoms in total. The molecule has 0 saturated carbocycles. The lowest BCUT2D eigenvalue weighted by Gasteiger charge is -2.26. The highest BCUT2D eigenvalue weighted by atomic mass is 16.7. The van der Waals surface area contributed by atoms with Crippen molar-refractivity contribution < 1.29 is 42.9 Å². The Balaban J connectivity index is 3.97. The molecule has 484 valence electrons. The van der Waals surface area contributed by atoms with E-state index in [4.69, 9.17) is 18.9 Å². The second-order valence-electron chi connectivity index (χ2n) is 25.2. The Kier molecular flexibility index (Phi) is 62.6. The highest BCUT2D eigenvalue weighted by molar-refractivity contribution is 5.70. The van der Waals surface area contributed by atoms with Crippen molar-refractivity contribution in [3.05, 3.63) is 60.8 Å². The van der Waals surface area contributed by atoms with E-state index in [0.717, 1.165) is 77.0 Å². The number of allylic oxidation sites excluding steroid dienone is 10. The van der Waals surface area contributed by atoms with E-state index in [2.05, 4.69) is 74.6 Å². The summed E-state index contributed by atoms with van der Waals surface area (Å²) < 4.78 is 22.8. The minimum Gasteiger partial charge on any atom is -0.545 e. The summed E-state index contributed by atoms with van der Waals surface area (Å²) in [5.41, 5.74) is 0. The number of carboxylic acid groups (broad SMARTS) is 1. The molecule has 0 spiro atoms. The largest absolute Gasteiger partial charge is 0.545 e. The van der Waals surface area contributed by atoms with E-state index in [9.17, 15) is 19.5 Å². The van der Waals surface area contributed by atoms with Crippen molar-refractivity contribution in [3.63, 3.8) is 0 Å². The van der Waals surface area contributed by atoms with E-state index in [0.29, 0.717) is 23.9 Å². The average Bonchev–Trinajstić information content (AvgIpc) is 3.46. The zero-order valence-electron chi connectivity index (χ0n) is 55.3. The highest BCUT2D eigenvalue weighted by Gasteiger charge is 2.22. The van der Waals surface area contributed by atoms with Gasteiger partial charge < -0.3 is 33.3 Å². The molecule has 0 aromatic heterocycles. The van der Waals surface area contributed by atoms with Crippen LogP contribution in [0.2, 0.25) is 0 Å². The van der Waals surface area contributed by atoms with Crippen LogP contribution in [0.3, 0.4) is 0 Å². The number of carboxylic acids is 1. The van der Waals surface area contributed by atoms with Gasteiger partial charge in [0.15, 0.2) is 12.4 Å². The first kappa shape index (κ1) is 80.0. The number of ether oxygens (including phenoxy) is 4. The topological polar surface area (TPSA) is 111 Å². The SMILES string of the molecule is CCCCC/C=C\C/C=C\C/C=C\CCCCCCCCC(=O)OC(COC(=O)CCCCCCCCCCCCCCCCCCCCCCCCCCCCC/C=C\C/C=C\CCCCCCC)COC(OCC[N+](C)(C)C)C(=O)[O-]. The lowest BCUT2D eigenvalue weighted by molar-refractivity contribution is -0.870. The summed E-state index contributed by atoms with van der Waals surface area (Å²) in [7, 11) is 5.93. The van der Waals surface area contributed by atoms with Crippen molar-refractivity contribution in [1.82, 2.24) is 0 Å². The number of hydrogen-bond donors (Lipinski definition) is 0. The van der Waals surface area contributed by atoms with E-state index >= 15 is 0 Å². The maximum Gasteiger partial charge on any atom is 0.306 e. The van der Waals surface area contributed by atoms with Crippen molar-refractivity contribution in [2.75, 3.05) is 47.5 Å². The molecule has 0 rings (SSSR count). The van der Waals surface area contributed by atoms with Gasteiger partial charge in [-0.3, -0.25) is 9.59 Å². The van der Waals surface area contributed by atoms with Crippen LogP contribution in [0, 0.1) is 0 Å². The Labute approximate surface area is 514 Å². The zero-order chi connectivity index (χ0) is 60.5. The van der Waals surface area contributed by atoms with Crippen LogP contribution < -0.4 is 5.11 Å². The van der Waals surface area contributed by atoms with Crippen LogP contribution in [-0.2, 0) is 33.3 Å². The van der Waals surface area contributed by atoms with Crippen LogP contribution in [0.25, 0.3) is 0 Å². The highest BCUT2D eigenvalue weighted by Crippen LogP contribution is 2.18. The van der Waals surface area contributed by atoms with E-state index < -0.39 is 24.3 Å². The van der Waals surface area contributed by atoms with Gasteiger partial charge in [0.2, 0.25) is 0 Å². The molecular weight excluding hydrogens is 1030 g/mol. The van der Waals surface area contributed by atoms with Gasteiger partial charge in [-0.05, 0) is 83.5 Å². The van der Waals surface area contributed by atoms with Crippen LogP contribution in [0.5, 0.6) is 0 Å². The molecule has 0 aromatic carbocycles. The number of unbranched alkanes of at least 4 members (excludes halogenated alkanes) is 41. The van der Waals surface area contributed by atoms with Gasteiger partial charge in [-0.1, -0.05) is 299 Å². The Morgan fingerprint density at radius 3 is 0.988 bits per heavy atom. The molecule has 0 aromatic rings. The predicted molar refractivity (Wildman–Crippen MR) is 352 cm³/mol. The second kappa shape index (κ2) is 65.0. The van der Waals surface area contributed by atoms with Gasteiger partial charge in [0.1, 0.15) is 13.2 Å². The lowest BCUT2D eigenvalue weighted by atomic mass is 10.0. The Hall–Kier alpha value is -3.01. The van der Waals surface area contributed by atoms with Gasteiger partial charge in [0, 0.05) is 12.8 Å². The number of carbonyl (C=O) groups excluding carboxylic acids is 3. The Bertz CT molecular complexity index is 1550. The van der Waals surface area contributed by atoms with Crippen molar-refractivity contribution in [2.24, 2.45) is 0 Å². The Morgan fingerprint density at radius 1 is 0.361 bits per heavy atom. The molecule has 0 heterocycles. The molecule has 2 atom stereocenters. The molecular formula is C74H135NO8. The molecule has 0 aliphatic carbocycles. The normalized spacial score (nSPS) is 13.0. The quantitative estimate of drug-likeness (QED) is 0.0195. The van der Waals surface area contributed by atoms with Gasteiger partial charge >= 0.3 is 11.9 Å². The van der Waals surface area contributed by atoms with Crippen LogP contribution in [0.15, 0.2) is 60.8 Å². The third-order valence-electron chi connectivity index (χ3n) is 15.7. The summed E-state index contributed by atoms with van der Waals surface area (Å²) in [6.45, 7) is 4.73. The standard InChI is InChI=1S/C74H135NO8/c1-6-8-10-12-14-16-18-20-22-24-26-27-28-29-30-31-32-33-34-35-36-37-38-39-40-41-42-43-44-45-47-48-50-52-54-56-58-60-62-64-71(76)81-68-70(69-82-74(73(78)79)80-67-66-75(3,4)5)83-72(77)65-63-61-59-57-55-53-51-49-46-25-23-21-19-17-15-13-11-9-7-2/h15,17-18,20-21,23-24,26,46,49,70,74H,6-14,16,19,22,25,27-45,47-48,50-69H2,1-5H3/b17-15-,20-18-,23-21-,26-24-,49-46-. The van der Waals surface area contributed by atoms with Crippen molar-refractivity contribution in [3.8, 4) is 0 Å². The predicted octanol–water partition coefficient (Wildman–Crippen LogP) is 20.6. The molecule has 0 aliphatic heterocycles. The van der Waals surface area contributed by atoms with E-state index in [1.165, 1.54) is 225 Å². The molecule has 0 bridgehead atoms. The van der Waals surface area contributed by atoms with Crippen LogP contribution in [0.1, 0.15) is 335 Å². The molecule has 0 radical (unpaired) electrons. The van der Waals surface area contributed by atoms with E-state index in [1.54, 1.807) is 0 Å². The van der Waals surface area contributed by atoms with Crippen LogP contribution in [0.4, 0.5) is 0 Å². The first-order valence-electron chi connectivity index (χ1n) is 35.4. The molecule has 83 heavy (non-hydrogen) atoms. The fraction of sp³-hybridized carbons (Fsp3) is 0.824. The summed E-state index contributed by atoms with van der Waals surface area (Å²) in [5.74, 6) is -2.28. The molecule has 0 fully saturated rings. The summed E-state index contributed by atoms with van der Waals surface area (Å²) in [5, 5.41) is 11.8. The minimum absolute atomic E-state index is 0.145. The molecule has 0 N–H and O–H groups in total. The summed E-state index contributed by atoms with van der Waals surface area (Å²) in [6.07, 6.45) is 81.8. The maximum atomic E-state index is 12.9. The van der Waals surface area contributed by atoms with Gasteiger partial charge in [-0.25, -0.2) is 0 Å². The monoisotopic (exact) mass is 1170 g/mol. The summed E-state index contributed by atoms with van der Waals surface area (Å²) in [4.78, 5) is 37.4. The molecule has 2 unspecified atom stereocenters. The molecule has 0 amide bonds. The number of carbonyl (C=O) groups is 3. The summed E-state index contributed by atoms with van der Waals surface area (Å²) in [6, 6.07) is 0. The second-order valence-corrected chi connectivity index (χ2v) is 25.2. The number of rotatable bonds is 66. The van der Waals surface area contributed by atoms with Gasteiger partial charge in [0.05, 0.1) is 40.3 Å². The first-order valence-corrected chi connectivity index (χ1v) is 35.4. The number of esters is 2. The molecule has 0 saturated heterocycles. The lowest BCUT2D eigenvalue weighted by Crippen LogP contribution is -2.44. The number of quaternary nitrogens is 1. The van der Waals surface area contributed by atoms with Crippen LogP contribution in [-0.4, -0.2) is 82.3 Å². The average molecular weight is 1170 g/mol. The van der Waals surface area contributed by atoms with Gasteiger partial charge in [0.25, 0.3) is 0 Å². The Morgan fingerprint density at radius 2 is 0.651 bits per heavy atom. The van der Waals surface area contributed by atoms with Crippen molar-refractivity contribution in [1.29, 1.82) is 0 Å². The third-order valence-corrected chi connectivity index (χ3v) is 15.7.